The lowest BCUT2D eigenvalue weighted by molar-refractivity contribution is -0.790. The molecule has 222 valence electrons. The van der Waals surface area contributed by atoms with E-state index in [2.05, 4.69) is 121 Å². The van der Waals surface area contributed by atoms with E-state index in [-0.39, 0.29) is 14.9 Å². The van der Waals surface area contributed by atoms with Crippen LogP contribution in [-0.2, 0) is 5.91 Å². The van der Waals surface area contributed by atoms with Gasteiger partial charge in [-0.1, -0.05) is 83.4 Å². The Balaban J connectivity index is 0.000000564. The Bertz CT molecular complexity index is 2490. The number of fused-ring (bicyclic) bond motifs is 12. The number of nitrogens with zero attached hydrogens (tertiary/aromatic N) is 8. The van der Waals surface area contributed by atoms with E-state index in [9.17, 15) is 0 Å². The molecular formula is C37H31N9+2. The van der Waals surface area contributed by atoms with Crippen molar-refractivity contribution in [3.63, 3.8) is 0 Å². The van der Waals surface area contributed by atoms with E-state index in [4.69, 9.17) is 20.0 Å². The summed E-state index contributed by atoms with van der Waals surface area (Å²) in [6.07, 6.45) is 0. The van der Waals surface area contributed by atoms with E-state index in [1.807, 2.05) is 14.1 Å². The van der Waals surface area contributed by atoms with Gasteiger partial charge in [-0.25, -0.2) is 0 Å². The predicted octanol–water partition coefficient (Wildman–Crippen LogP) is 4.82. The third-order valence-electron chi connectivity index (χ3n) is 9.38. The van der Waals surface area contributed by atoms with Crippen LogP contribution in [0.15, 0.2) is 117 Å². The van der Waals surface area contributed by atoms with Crippen molar-refractivity contribution in [2.75, 3.05) is 14.1 Å². The first-order valence-electron chi connectivity index (χ1n) is 14.8. The smallest absolute Gasteiger partial charge is 0.323 e. The van der Waals surface area contributed by atoms with Crippen LogP contribution in [0, 0.1) is 0 Å². The minimum atomic E-state index is -0.923. The molecule has 6 aliphatic rings. The summed E-state index contributed by atoms with van der Waals surface area (Å²) in [7, 11) is 3.75. The fourth-order valence-corrected chi connectivity index (χ4v) is 7.88. The van der Waals surface area contributed by atoms with E-state index in [0.29, 0.717) is 0 Å². The first kappa shape index (κ1) is 26.6. The van der Waals surface area contributed by atoms with Gasteiger partial charge in [-0.05, 0) is 62.6 Å². The van der Waals surface area contributed by atoms with Crippen LogP contribution in [0.1, 0.15) is 37.1 Å². The van der Waals surface area contributed by atoms with Gasteiger partial charge in [0.15, 0.2) is 0 Å². The molecule has 0 aliphatic carbocycles. The van der Waals surface area contributed by atoms with Gasteiger partial charge in [-0.15, -0.1) is 9.15 Å². The normalized spacial score (nSPS) is 16.8. The van der Waals surface area contributed by atoms with Gasteiger partial charge in [-0.3, -0.25) is 0 Å². The maximum Gasteiger partial charge on any atom is 0.404 e. The summed E-state index contributed by atoms with van der Waals surface area (Å²) in [5.74, 6) is 4.46. The molecule has 0 fully saturated rings. The van der Waals surface area contributed by atoms with E-state index >= 15 is 0 Å². The Morgan fingerprint density at radius 2 is 0.870 bits per heavy atom. The maximum absolute atomic E-state index is 5.42. The lowest BCUT2D eigenvalue weighted by atomic mass is 10.1. The summed E-state index contributed by atoms with van der Waals surface area (Å²) in [5, 5.41) is 7.08. The number of aromatic nitrogens is 2. The van der Waals surface area contributed by atoms with E-state index in [1.165, 1.54) is 0 Å². The Morgan fingerprint density at radius 3 is 1.30 bits per heavy atom. The maximum atomic E-state index is 5.42. The molecule has 6 aliphatic heterocycles. The summed E-state index contributed by atoms with van der Waals surface area (Å²) in [6, 6.07) is 34.0. The van der Waals surface area contributed by atoms with Crippen LogP contribution in [0.4, 0.5) is 11.6 Å². The topological polar surface area (TPSA) is 77.4 Å². The van der Waals surface area contributed by atoms with Crippen molar-refractivity contribution in [2.45, 2.75) is 20.8 Å². The second-order valence-corrected chi connectivity index (χ2v) is 11.7. The van der Waals surface area contributed by atoms with Gasteiger partial charge in [0.1, 0.15) is 0 Å². The average Bonchev–Trinajstić information content (AvgIpc) is 3.78. The molecule has 0 bridgehead atoms. The highest BCUT2D eigenvalue weighted by Crippen LogP contribution is 2.52. The number of hydrogen-bond donors (Lipinski definition) is 1. The van der Waals surface area contributed by atoms with Crippen molar-refractivity contribution in [2.24, 2.45) is 20.0 Å². The minimum absolute atomic E-state index is 0. The van der Waals surface area contributed by atoms with Crippen molar-refractivity contribution >= 4 is 56.5 Å². The molecule has 0 saturated carbocycles. The molecule has 4 aromatic carbocycles. The van der Waals surface area contributed by atoms with Crippen LogP contribution < -0.4 is 16.3 Å². The number of benzene rings is 4. The zero-order valence-electron chi connectivity index (χ0n) is 23.8. The predicted molar refractivity (Wildman–Crippen MR) is 182 cm³/mol. The van der Waals surface area contributed by atoms with Crippen molar-refractivity contribution in [1.29, 1.82) is 0 Å². The quantitative estimate of drug-likeness (QED) is 0.249. The zero-order valence-corrected chi connectivity index (χ0v) is 23.8. The standard InChI is InChI=1S/C33H16N8.C2H7N.2CH4/c1-2-10-18-17(9-1)25-34-27-19-11-3-4-12-20(19)29-36-31-23-15-7-8-16-24(23)32-37-30-22-14-6-5-13-21(22)28-35-26(18)38(25)33(39(27)29,40(28)30)41(31)32;1-3-2;;/h1-16H;3H,1-2H3;2*1H4/q+2;;;. The summed E-state index contributed by atoms with van der Waals surface area (Å²) < 4.78 is 9.32. The number of aliphatic imine (C=N–C) groups is 2. The number of rotatable bonds is 0. The van der Waals surface area contributed by atoms with Gasteiger partial charge in [0.25, 0.3) is 23.3 Å². The molecule has 46 heavy (non-hydrogen) atoms. The van der Waals surface area contributed by atoms with Gasteiger partial charge in [0.2, 0.25) is 22.6 Å². The molecule has 12 rings (SSSR count). The first-order valence-corrected chi connectivity index (χ1v) is 14.8. The van der Waals surface area contributed by atoms with Crippen LogP contribution >= 0.6 is 0 Å². The first-order chi connectivity index (χ1) is 21.8. The molecule has 1 N–H and O–H groups in total. The molecule has 0 unspecified atom stereocenters. The van der Waals surface area contributed by atoms with Crippen LogP contribution in [0.5, 0.6) is 0 Å². The van der Waals surface area contributed by atoms with Crippen LogP contribution in [0.3, 0.4) is 0 Å². The fourth-order valence-electron chi connectivity index (χ4n) is 7.88. The van der Waals surface area contributed by atoms with Crippen LogP contribution in [0.2, 0.25) is 0 Å². The average molecular weight is 602 g/mol. The lowest BCUT2D eigenvalue weighted by Gasteiger charge is -2.40. The van der Waals surface area contributed by atoms with E-state index < -0.39 is 5.91 Å². The zero-order chi connectivity index (χ0) is 28.9. The fraction of sp³-hybridized carbons (Fsp3) is 0.135. The minimum Gasteiger partial charge on any atom is -0.323 e. The van der Waals surface area contributed by atoms with Crippen molar-refractivity contribution < 1.29 is 9.15 Å². The summed E-state index contributed by atoms with van der Waals surface area (Å²) in [4.78, 5) is 21.7. The summed E-state index contributed by atoms with van der Waals surface area (Å²) in [6.45, 7) is 0. The molecule has 1 spiro atoms. The lowest BCUT2D eigenvalue weighted by Crippen LogP contribution is -2.71. The van der Waals surface area contributed by atoms with Crippen LogP contribution in [0.25, 0.3) is 21.5 Å². The number of nitrogens with one attached hydrogen (secondary N) is 1. The molecule has 0 amide bonds. The molecule has 9 nitrogen and oxygen atoms in total. The third kappa shape index (κ3) is 2.61. The molecule has 0 radical (unpaired) electrons. The Labute approximate surface area is 264 Å². The Kier molecular flexibility index (Phi) is 5.01. The molecule has 2 aromatic heterocycles. The highest BCUT2D eigenvalue weighted by molar-refractivity contribution is 6.20. The van der Waals surface area contributed by atoms with Crippen LogP contribution in [-0.4, -0.2) is 55.7 Å². The second kappa shape index (κ2) is 8.68. The molecule has 6 aromatic rings. The molecule has 0 saturated heterocycles. The number of amidine groups is 4. The van der Waals surface area contributed by atoms with Gasteiger partial charge in [-0.2, -0.15) is 9.13 Å². The summed E-state index contributed by atoms with van der Waals surface area (Å²) in [5.41, 5.74) is 6.13. The molecular weight excluding hydrogens is 570 g/mol. The second-order valence-electron chi connectivity index (χ2n) is 11.7. The largest absolute Gasteiger partial charge is 0.404 e. The Morgan fingerprint density at radius 1 is 0.500 bits per heavy atom. The van der Waals surface area contributed by atoms with Crippen molar-refractivity contribution in [3.05, 3.63) is 130 Å². The summed E-state index contributed by atoms with van der Waals surface area (Å²) >= 11 is 0. The van der Waals surface area contributed by atoms with Gasteiger partial charge in [0.05, 0.1) is 22.3 Å². The van der Waals surface area contributed by atoms with E-state index in [0.717, 1.165) is 89.8 Å². The monoisotopic (exact) mass is 601 g/mol. The van der Waals surface area contributed by atoms with Gasteiger partial charge >= 0.3 is 5.91 Å². The Hall–Kier alpha value is -5.80. The SMILES string of the molecule is C.C.CNC.c1ccc2c(c1)C1=Nc3c4ccccc4c4n3C35n6c(c7ccccc7c6=NC6=[N+]3C(=N4)c3ccccc36)=NC2=[N+]15. The third-order valence-corrected chi connectivity index (χ3v) is 9.38. The highest BCUT2D eigenvalue weighted by atomic mass is 15.7. The molecule has 0 atom stereocenters. The van der Waals surface area contributed by atoms with E-state index in [1.54, 1.807) is 0 Å². The van der Waals surface area contributed by atoms with Crippen molar-refractivity contribution in [1.82, 2.24) is 14.5 Å². The van der Waals surface area contributed by atoms with Crippen molar-refractivity contribution in [3.8, 4) is 0 Å². The highest BCUT2D eigenvalue weighted by Gasteiger charge is 2.69. The molecule has 8 heterocycles. The van der Waals surface area contributed by atoms with Gasteiger partial charge < -0.3 is 5.32 Å². The number of hydrogen-bond acceptors (Lipinski definition) is 5. The molecule has 9 heteroatoms. The van der Waals surface area contributed by atoms with Gasteiger partial charge in [0, 0.05) is 21.5 Å².